The molecule has 1 aliphatic rings. The SMILES string of the molecule is CN=C(NCCC(=O)N1CCCCC1C)NCc1ccc(COCC(F)(F)F)cc1.I. The second-order valence-electron chi connectivity index (χ2n) is 7.46. The highest BCUT2D eigenvalue weighted by atomic mass is 127. The molecule has 1 aliphatic heterocycles. The Morgan fingerprint density at radius 2 is 1.87 bits per heavy atom. The molecule has 1 saturated heterocycles. The summed E-state index contributed by atoms with van der Waals surface area (Å²) in [7, 11) is 1.66. The summed E-state index contributed by atoms with van der Waals surface area (Å²) in [5.74, 6) is 0.751. The van der Waals surface area contributed by atoms with Gasteiger partial charge in [0, 0.05) is 39.1 Å². The summed E-state index contributed by atoms with van der Waals surface area (Å²) in [5.41, 5.74) is 1.63. The van der Waals surface area contributed by atoms with Gasteiger partial charge in [0.15, 0.2) is 5.96 Å². The van der Waals surface area contributed by atoms with Gasteiger partial charge in [-0.15, -0.1) is 24.0 Å². The second kappa shape index (κ2) is 13.8. The Morgan fingerprint density at radius 3 is 2.48 bits per heavy atom. The molecular formula is C21H32F3IN4O2. The van der Waals surface area contributed by atoms with Gasteiger partial charge in [-0.25, -0.2) is 0 Å². The molecule has 10 heteroatoms. The molecule has 1 heterocycles. The second-order valence-corrected chi connectivity index (χ2v) is 7.46. The lowest BCUT2D eigenvalue weighted by molar-refractivity contribution is -0.176. The minimum atomic E-state index is -4.32. The van der Waals surface area contributed by atoms with E-state index in [0.717, 1.165) is 24.9 Å². The van der Waals surface area contributed by atoms with Gasteiger partial charge in [0.2, 0.25) is 5.91 Å². The van der Waals surface area contributed by atoms with E-state index in [4.69, 9.17) is 0 Å². The number of piperidine rings is 1. The number of nitrogens with one attached hydrogen (secondary N) is 2. The lowest BCUT2D eigenvalue weighted by atomic mass is 10.0. The maximum atomic E-state index is 12.4. The van der Waals surface area contributed by atoms with Gasteiger partial charge in [0.25, 0.3) is 0 Å². The number of hydrogen-bond acceptors (Lipinski definition) is 3. The normalized spacial score (nSPS) is 17.1. The van der Waals surface area contributed by atoms with Crippen LogP contribution in [0.25, 0.3) is 0 Å². The van der Waals surface area contributed by atoms with Crippen LogP contribution in [-0.2, 0) is 22.7 Å². The van der Waals surface area contributed by atoms with Crippen LogP contribution in [0.1, 0.15) is 43.7 Å². The summed E-state index contributed by atoms with van der Waals surface area (Å²) in [6.07, 6.45) is -0.585. The predicted octanol–water partition coefficient (Wildman–Crippen LogP) is 3.84. The van der Waals surface area contributed by atoms with Gasteiger partial charge in [-0.05, 0) is 37.3 Å². The van der Waals surface area contributed by atoms with E-state index in [1.807, 2.05) is 17.0 Å². The number of aliphatic imine (C=N–C) groups is 1. The number of ether oxygens (including phenoxy) is 1. The standard InChI is InChI=1S/C21H31F3N4O2.HI/c1-16-5-3-4-12-28(16)19(29)10-11-26-20(25-2)27-13-17-6-8-18(9-7-17)14-30-15-21(22,23)24;/h6-9,16H,3-5,10-15H2,1-2H3,(H2,25,26,27);1H. The molecule has 2 rings (SSSR count). The van der Waals surface area contributed by atoms with E-state index < -0.39 is 12.8 Å². The predicted molar refractivity (Wildman–Crippen MR) is 125 cm³/mol. The van der Waals surface area contributed by atoms with Crippen LogP contribution in [0.3, 0.4) is 0 Å². The first kappa shape index (κ1) is 27.5. The van der Waals surface area contributed by atoms with Crippen molar-refractivity contribution in [3.63, 3.8) is 0 Å². The van der Waals surface area contributed by atoms with Crippen LogP contribution in [0.15, 0.2) is 29.3 Å². The zero-order chi connectivity index (χ0) is 22.0. The van der Waals surface area contributed by atoms with E-state index in [2.05, 4.69) is 27.3 Å². The van der Waals surface area contributed by atoms with E-state index in [9.17, 15) is 18.0 Å². The van der Waals surface area contributed by atoms with Crippen LogP contribution >= 0.6 is 24.0 Å². The van der Waals surface area contributed by atoms with Gasteiger partial charge in [0.1, 0.15) is 6.61 Å². The average Bonchev–Trinajstić information content (AvgIpc) is 2.70. The Hall–Kier alpha value is -1.56. The molecule has 0 aliphatic carbocycles. The highest BCUT2D eigenvalue weighted by Gasteiger charge is 2.27. The smallest absolute Gasteiger partial charge is 0.367 e. The molecule has 1 atom stereocenters. The molecule has 1 aromatic carbocycles. The number of hydrogen-bond donors (Lipinski definition) is 2. The van der Waals surface area contributed by atoms with Crippen molar-refractivity contribution in [3.05, 3.63) is 35.4 Å². The first-order valence-electron chi connectivity index (χ1n) is 10.2. The Kier molecular flexibility index (Phi) is 12.2. The zero-order valence-corrected chi connectivity index (χ0v) is 20.3. The lowest BCUT2D eigenvalue weighted by Gasteiger charge is -2.33. The minimum absolute atomic E-state index is 0. The molecule has 0 bridgehead atoms. The maximum absolute atomic E-state index is 12.4. The first-order chi connectivity index (χ1) is 14.3. The first-order valence-corrected chi connectivity index (χ1v) is 10.2. The molecule has 1 aromatic rings. The monoisotopic (exact) mass is 556 g/mol. The largest absolute Gasteiger partial charge is 0.411 e. The van der Waals surface area contributed by atoms with Crippen LogP contribution in [0, 0.1) is 0 Å². The molecule has 176 valence electrons. The fourth-order valence-corrected chi connectivity index (χ4v) is 3.34. The molecule has 0 aromatic heterocycles. The van der Waals surface area contributed by atoms with E-state index in [-0.39, 0.29) is 36.5 Å². The molecule has 6 nitrogen and oxygen atoms in total. The molecule has 0 saturated carbocycles. The highest BCUT2D eigenvalue weighted by molar-refractivity contribution is 14.0. The van der Waals surface area contributed by atoms with Crippen molar-refractivity contribution in [1.29, 1.82) is 0 Å². The van der Waals surface area contributed by atoms with Crippen molar-refractivity contribution in [2.75, 3.05) is 26.7 Å². The number of guanidine groups is 1. The van der Waals surface area contributed by atoms with Gasteiger partial charge >= 0.3 is 6.18 Å². The lowest BCUT2D eigenvalue weighted by Crippen LogP contribution is -2.44. The number of benzene rings is 1. The van der Waals surface area contributed by atoms with E-state index >= 15 is 0 Å². The van der Waals surface area contributed by atoms with Gasteiger partial charge < -0.3 is 20.3 Å². The van der Waals surface area contributed by atoms with Crippen LogP contribution in [0.5, 0.6) is 0 Å². The van der Waals surface area contributed by atoms with Crippen molar-refractivity contribution >= 4 is 35.8 Å². The van der Waals surface area contributed by atoms with Gasteiger partial charge in [-0.2, -0.15) is 13.2 Å². The van der Waals surface area contributed by atoms with Crippen LogP contribution in [-0.4, -0.2) is 55.7 Å². The van der Waals surface area contributed by atoms with E-state index in [0.29, 0.717) is 37.1 Å². The number of alkyl halides is 3. The summed E-state index contributed by atoms with van der Waals surface area (Å²) in [6, 6.07) is 7.44. The van der Waals surface area contributed by atoms with Gasteiger partial charge in [-0.1, -0.05) is 24.3 Å². The maximum Gasteiger partial charge on any atom is 0.411 e. The van der Waals surface area contributed by atoms with Crippen molar-refractivity contribution in [3.8, 4) is 0 Å². The van der Waals surface area contributed by atoms with Crippen molar-refractivity contribution in [2.24, 2.45) is 4.99 Å². The molecular weight excluding hydrogens is 524 g/mol. The molecule has 31 heavy (non-hydrogen) atoms. The highest BCUT2D eigenvalue weighted by Crippen LogP contribution is 2.17. The molecule has 1 fully saturated rings. The summed E-state index contributed by atoms with van der Waals surface area (Å²) in [6.45, 7) is 2.60. The summed E-state index contributed by atoms with van der Waals surface area (Å²) >= 11 is 0. The van der Waals surface area contributed by atoms with Crippen LogP contribution < -0.4 is 10.6 Å². The molecule has 2 N–H and O–H groups in total. The summed E-state index contributed by atoms with van der Waals surface area (Å²) < 4.78 is 41.0. The number of likely N-dealkylation sites (tertiary alicyclic amines) is 1. The Bertz CT molecular complexity index is 699. The Balaban J connectivity index is 0.00000480. The topological polar surface area (TPSA) is 66.0 Å². The fourth-order valence-electron chi connectivity index (χ4n) is 3.34. The minimum Gasteiger partial charge on any atom is -0.367 e. The third-order valence-electron chi connectivity index (χ3n) is 5.00. The number of amides is 1. The Labute approximate surface area is 199 Å². The van der Waals surface area contributed by atoms with E-state index in [1.165, 1.54) is 6.42 Å². The van der Waals surface area contributed by atoms with Gasteiger partial charge in [-0.3, -0.25) is 9.79 Å². The number of rotatable bonds is 8. The third kappa shape index (κ3) is 10.5. The van der Waals surface area contributed by atoms with E-state index in [1.54, 1.807) is 19.2 Å². The quantitative estimate of drug-likeness (QED) is 0.290. The van der Waals surface area contributed by atoms with Crippen molar-refractivity contribution in [1.82, 2.24) is 15.5 Å². The van der Waals surface area contributed by atoms with Crippen molar-refractivity contribution in [2.45, 2.75) is 58.0 Å². The summed E-state index contributed by atoms with van der Waals surface area (Å²) in [5, 5.41) is 6.31. The number of carbonyl (C=O) groups excluding carboxylic acids is 1. The van der Waals surface area contributed by atoms with Crippen LogP contribution in [0.4, 0.5) is 13.2 Å². The summed E-state index contributed by atoms with van der Waals surface area (Å²) in [4.78, 5) is 18.5. The number of nitrogens with zero attached hydrogens (tertiary/aromatic N) is 2. The molecule has 1 unspecified atom stereocenters. The van der Waals surface area contributed by atoms with Gasteiger partial charge in [0.05, 0.1) is 6.61 Å². The van der Waals surface area contributed by atoms with Crippen molar-refractivity contribution < 1.29 is 22.7 Å². The molecule has 0 spiro atoms. The Morgan fingerprint density at radius 1 is 1.19 bits per heavy atom. The zero-order valence-electron chi connectivity index (χ0n) is 18.0. The van der Waals surface area contributed by atoms with Crippen LogP contribution in [0.2, 0.25) is 0 Å². The third-order valence-corrected chi connectivity index (χ3v) is 5.00. The number of carbonyl (C=O) groups is 1. The molecule has 0 radical (unpaired) electrons. The fraction of sp³-hybridized carbons (Fsp3) is 0.619. The average molecular weight is 556 g/mol. The number of halogens is 4. The molecule has 1 amide bonds.